The van der Waals surface area contributed by atoms with Crippen molar-refractivity contribution in [2.24, 2.45) is 0 Å². The van der Waals surface area contributed by atoms with Gasteiger partial charge in [0.05, 0.1) is 0 Å². The maximum atomic E-state index is 2.59. The molecule has 0 radical (unpaired) electrons. The van der Waals surface area contributed by atoms with Crippen LogP contribution in [0.25, 0.3) is 88.6 Å². The lowest BCUT2D eigenvalue weighted by Crippen LogP contribution is -2.02. The van der Waals surface area contributed by atoms with Gasteiger partial charge in [-0.15, -0.1) is 0 Å². The van der Waals surface area contributed by atoms with Crippen LogP contribution >= 0.6 is 0 Å². The molecular weight excluding hydrogens is 663 g/mol. The predicted octanol–water partition coefficient (Wildman–Crippen LogP) is 15.4. The van der Waals surface area contributed by atoms with Crippen LogP contribution in [-0.4, -0.2) is 4.57 Å². The summed E-state index contributed by atoms with van der Waals surface area (Å²) in [6.45, 7) is 3.29. The summed E-state index contributed by atoms with van der Waals surface area (Å²) in [5, 5.41) is 2.63. The van der Waals surface area contributed by atoms with Crippen LogP contribution in [0.15, 0.2) is 194 Å². The molecule has 1 heterocycles. The van der Waals surface area contributed by atoms with Crippen molar-refractivity contribution in [1.29, 1.82) is 0 Å². The highest BCUT2D eigenvalue weighted by Gasteiger charge is 2.29. The highest BCUT2D eigenvalue weighted by Crippen LogP contribution is 2.56. The van der Waals surface area contributed by atoms with E-state index in [4.69, 9.17) is 0 Å². The summed E-state index contributed by atoms with van der Waals surface area (Å²) >= 11 is 0. The van der Waals surface area contributed by atoms with Crippen molar-refractivity contribution in [1.82, 2.24) is 4.57 Å². The first-order chi connectivity index (χ1) is 27.3. The minimum absolute atomic E-state index is 1.00. The molecule has 8 aromatic carbocycles. The average Bonchev–Trinajstić information content (AvgIpc) is 3.58. The maximum Gasteiger partial charge on any atom is 0.0497 e. The van der Waals surface area contributed by atoms with E-state index in [0.29, 0.717) is 0 Å². The van der Waals surface area contributed by atoms with Gasteiger partial charge in [-0.25, -0.2) is 0 Å². The van der Waals surface area contributed by atoms with Crippen molar-refractivity contribution in [3.05, 3.63) is 194 Å². The van der Waals surface area contributed by atoms with Crippen molar-refractivity contribution in [3.63, 3.8) is 0 Å². The zero-order valence-corrected chi connectivity index (χ0v) is 31.5. The molecule has 266 valence electrons. The van der Waals surface area contributed by atoms with Gasteiger partial charge in [-0.1, -0.05) is 208 Å². The lowest BCUT2D eigenvalue weighted by Gasteiger charge is -2.29. The molecule has 0 saturated carbocycles. The lowest BCUT2D eigenvalue weighted by molar-refractivity contribution is 0.602. The summed E-state index contributed by atoms with van der Waals surface area (Å²) in [6, 6.07) is 71.5. The summed E-state index contributed by atoms with van der Waals surface area (Å²) in [5.41, 5.74) is 17.3. The molecule has 55 heavy (non-hydrogen) atoms. The molecule has 0 unspecified atom stereocenters. The Bertz CT molecular complexity index is 2590. The fourth-order valence-corrected chi connectivity index (χ4v) is 8.65. The smallest absolute Gasteiger partial charge is 0.0497 e. The van der Waals surface area contributed by atoms with Crippen LogP contribution in [0.3, 0.4) is 0 Å². The van der Waals surface area contributed by atoms with Crippen LogP contribution in [-0.2, 0) is 6.54 Å². The molecule has 0 N–H and O–H groups in total. The van der Waals surface area contributed by atoms with E-state index in [1.807, 2.05) is 0 Å². The van der Waals surface area contributed by atoms with Gasteiger partial charge in [0.1, 0.15) is 0 Å². The summed E-state index contributed by atoms with van der Waals surface area (Å²) in [7, 11) is 0. The molecule has 0 atom stereocenters. The number of rotatable bonds is 11. The van der Waals surface area contributed by atoms with Gasteiger partial charge in [-0.3, -0.25) is 0 Å². The van der Waals surface area contributed by atoms with E-state index >= 15 is 0 Å². The summed E-state index contributed by atoms with van der Waals surface area (Å²) in [6.07, 6.45) is 4.90. The van der Waals surface area contributed by atoms with Crippen molar-refractivity contribution in [2.75, 3.05) is 0 Å². The van der Waals surface area contributed by atoms with E-state index in [2.05, 4.69) is 206 Å². The minimum Gasteiger partial charge on any atom is -0.340 e. The number of fused-ring (bicyclic) bond motifs is 3. The van der Waals surface area contributed by atoms with E-state index in [-0.39, 0.29) is 0 Å². The third-order valence-electron chi connectivity index (χ3n) is 11.1. The maximum absolute atomic E-state index is 2.59. The Kier molecular flexibility index (Phi) is 9.68. The molecule has 0 fully saturated rings. The SMILES string of the molecule is CCCCCCn1c2ccccc2c2ccc(-c3c(-c4ccccc4)c(-c4ccccc4)c(-c4ccccc4)c(-c4ccccc4)c3-c3ccccc3)cc21. The standard InChI is InChI=1S/C54H45N/c1-2-3-4-22-37-55-47-34-21-20-33-45(47)46-36-35-44(38-48(46)55)54-52(42-29-16-8-17-30-42)50(40-25-12-6-13-26-40)49(39-23-10-5-11-24-39)51(41-27-14-7-15-28-41)53(54)43-31-18-9-19-32-43/h5-21,23-36,38H,2-4,22,37H2,1H3. The van der Waals surface area contributed by atoms with Crippen LogP contribution in [0, 0.1) is 0 Å². The Morgan fingerprint density at radius 3 is 1.09 bits per heavy atom. The van der Waals surface area contributed by atoms with Crippen LogP contribution < -0.4 is 0 Å². The van der Waals surface area contributed by atoms with Crippen LogP contribution in [0.1, 0.15) is 32.6 Å². The van der Waals surface area contributed by atoms with Gasteiger partial charge in [0.2, 0.25) is 0 Å². The Hall–Kier alpha value is -6.44. The molecular formula is C54H45N. The largest absolute Gasteiger partial charge is 0.340 e. The number of aromatic nitrogens is 1. The van der Waals surface area contributed by atoms with Gasteiger partial charge in [0, 0.05) is 28.4 Å². The van der Waals surface area contributed by atoms with Gasteiger partial charge in [0.25, 0.3) is 0 Å². The summed E-state index contributed by atoms with van der Waals surface area (Å²) in [4.78, 5) is 0. The van der Waals surface area contributed by atoms with Crippen molar-refractivity contribution < 1.29 is 0 Å². The molecule has 0 aliphatic carbocycles. The number of benzene rings is 8. The van der Waals surface area contributed by atoms with Crippen molar-refractivity contribution in [3.8, 4) is 66.8 Å². The van der Waals surface area contributed by atoms with Crippen LogP contribution in [0.4, 0.5) is 0 Å². The monoisotopic (exact) mass is 707 g/mol. The molecule has 1 aromatic heterocycles. The fraction of sp³-hybridized carbons (Fsp3) is 0.111. The number of hydrogen-bond acceptors (Lipinski definition) is 0. The molecule has 0 aliphatic heterocycles. The first-order valence-corrected chi connectivity index (χ1v) is 19.8. The van der Waals surface area contributed by atoms with Crippen molar-refractivity contribution in [2.45, 2.75) is 39.2 Å². The van der Waals surface area contributed by atoms with E-state index < -0.39 is 0 Å². The molecule has 9 rings (SSSR count). The van der Waals surface area contributed by atoms with Gasteiger partial charge < -0.3 is 4.57 Å². The van der Waals surface area contributed by atoms with Gasteiger partial charge in [-0.2, -0.15) is 0 Å². The predicted molar refractivity (Wildman–Crippen MR) is 236 cm³/mol. The Morgan fingerprint density at radius 1 is 0.309 bits per heavy atom. The Balaban J connectivity index is 1.50. The van der Waals surface area contributed by atoms with E-state index in [0.717, 1.165) is 6.54 Å². The van der Waals surface area contributed by atoms with E-state index in [1.54, 1.807) is 0 Å². The molecule has 1 heteroatoms. The third-order valence-corrected chi connectivity index (χ3v) is 11.1. The number of unbranched alkanes of at least 4 members (excludes halogenated alkanes) is 3. The highest BCUT2D eigenvalue weighted by atomic mass is 15.0. The molecule has 0 bridgehead atoms. The fourth-order valence-electron chi connectivity index (χ4n) is 8.65. The number of aryl methyl sites for hydroxylation is 1. The minimum atomic E-state index is 1.00. The Labute approximate surface area is 325 Å². The second kappa shape index (κ2) is 15.5. The quantitative estimate of drug-likeness (QED) is 0.118. The summed E-state index contributed by atoms with van der Waals surface area (Å²) < 4.78 is 2.59. The first kappa shape index (κ1) is 34.3. The topological polar surface area (TPSA) is 4.93 Å². The lowest BCUT2D eigenvalue weighted by atomic mass is 9.74. The highest BCUT2D eigenvalue weighted by molar-refractivity contribution is 6.16. The number of hydrogen-bond donors (Lipinski definition) is 0. The normalized spacial score (nSPS) is 11.4. The number of para-hydroxylation sites is 1. The zero-order valence-electron chi connectivity index (χ0n) is 31.5. The number of nitrogens with zero attached hydrogens (tertiary/aromatic N) is 1. The first-order valence-electron chi connectivity index (χ1n) is 19.8. The second-order valence-electron chi connectivity index (χ2n) is 14.5. The van der Waals surface area contributed by atoms with Crippen molar-refractivity contribution >= 4 is 21.8 Å². The van der Waals surface area contributed by atoms with E-state index in [9.17, 15) is 0 Å². The van der Waals surface area contributed by atoms with E-state index in [1.165, 1.54) is 114 Å². The van der Waals surface area contributed by atoms with Gasteiger partial charge in [0.15, 0.2) is 0 Å². The summed E-state index contributed by atoms with van der Waals surface area (Å²) in [5.74, 6) is 0. The van der Waals surface area contributed by atoms with Crippen LogP contribution in [0.5, 0.6) is 0 Å². The second-order valence-corrected chi connectivity index (χ2v) is 14.5. The molecule has 1 nitrogen and oxygen atoms in total. The molecule has 9 aromatic rings. The molecule has 0 amide bonds. The molecule has 0 aliphatic rings. The van der Waals surface area contributed by atoms with Gasteiger partial charge in [-0.05, 0) is 85.3 Å². The molecule has 0 saturated heterocycles. The Morgan fingerprint density at radius 2 is 0.673 bits per heavy atom. The molecule has 0 spiro atoms. The van der Waals surface area contributed by atoms with Gasteiger partial charge >= 0.3 is 0 Å². The third kappa shape index (κ3) is 6.47. The average molecular weight is 708 g/mol. The zero-order chi connectivity index (χ0) is 37.0. The van der Waals surface area contributed by atoms with Crippen LogP contribution in [0.2, 0.25) is 0 Å².